The molecule has 2 aliphatic heterocycles. The Kier molecular flexibility index (Phi) is 5.56. The minimum atomic E-state index is -0.515. The highest BCUT2D eigenvalue weighted by Crippen LogP contribution is 2.39. The van der Waals surface area contributed by atoms with Gasteiger partial charge in [0.1, 0.15) is 23.5 Å². The zero-order valence-electron chi connectivity index (χ0n) is 12.7. The summed E-state index contributed by atoms with van der Waals surface area (Å²) < 4.78 is 5.70. The van der Waals surface area contributed by atoms with Crippen LogP contribution in [0.5, 0.6) is 0 Å². The van der Waals surface area contributed by atoms with Crippen molar-refractivity contribution >= 4 is 23.4 Å². The monoisotopic (exact) mass is 313 g/mol. The van der Waals surface area contributed by atoms with Crippen molar-refractivity contribution in [2.24, 2.45) is 5.16 Å². The average molecular weight is 313 g/mol. The summed E-state index contributed by atoms with van der Waals surface area (Å²) in [5.74, 6) is 1.57. The second-order valence-electron chi connectivity index (χ2n) is 5.39. The fraction of sp³-hybridized carbons (Fsp3) is 0.733. The molecule has 0 aliphatic carbocycles. The number of carbonyl (C=O) groups excluding carboxylic acids is 1. The molecule has 2 aliphatic rings. The van der Waals surface area contributed by atoms with Crippen molar-refractivity contribution in [3.8, 4) is 0 Å². The Hall–Kier alpha value is -1.17. The van der Waals surface area contributed by atoms with Crippen LogP contribution < -0.4 is 0 Å². The van der Waals surface area contributed by atoms with Crippen LogP contribution in [0.15, 0.2) is 16.5 Å². The quantitative estimate of drug-likeness (QED) is 0.479. The first-order valence-electron chi connectivity index (χ1n) is 7.54. The molecule has 0 aromatic carbocycles. The van der Waals surface area contributed by atoms with Gasteiger partial charge in [-0.1, -0.05) is 18.5 Å². The normalized spacial score (nSPS) is 22.4. The molecule has 0 aromatic heterocycles. The molecule has 0 atom stereocenters. The molecule has 1 fully saturated rings. The molecule has 0 unspecified atom stereocenters. The third kappa shape index (κ3) is 3.73. The van der Waals surface area contributed by atoms with E-state index in [2.05, 4.69) is 5.16 Å². The van der Waals surface area contributed by atoms with Crippen molar-refractivity contribution in [3.05, 3.63) is 11.3 Å². The molecule has 2 rings (SSSR count). The summed E-state index contributed by atoms with van der Waals surface area (Å²) in [5.41, 5.74) is 0.176. The van der Waals surface area contributed by atoms with Gasteiger partial charge in [0, 0.05) is 6.42 Å². The first kappa shape index (κ1) is 16.2. The van der Waals surface area contributed by atoms with E-state index in [9.17, 15) is 9.90 Å². The van der Waals surface area contributed by atoms with Crippen molar-refractivity contribution in [3.63, 3.8) is 0 Å². The molecule has 0 aromatic rings. The van der Waals surface area contributed by atoms with E-state index in [0.29, 0.717) is 25.2 Å². The highest BCUT2D eigenvalue weighted by molar-refractivity contribution is 7.99. The molecule has 118 valence electrons. The molecular weight excluding hydrogens is 290 g/mol. The Morgan fingerprint density at radius 2 is 2.14 bits per heavy atom. The molecule has 0 bridgehead atoms. The van der Waals surface area contributed by atoms with E-state index >= 15 is 0 Å². The predicted molar refractivity (Wildman–Crippen MR) is 83.6 cm³/mol. The van der Waals surface area contributed by atoms with Gasteiger partial charge < -0.3 is 14.7 Å². The van der Waals surface area contributed by atoms with Crippen LogP contribution in [-0.2, 0) is 14.4 Å². The lowest BCUT2D eigenvalue weighted by Crippen LogP contribution is -2.44. The van der Waals surface area contributed by atoms with E-state index in [1.165, 1.54) is 0 Å². The number of oxime groups is 1. The number of rotatable bonds is 5. The maximum absolute atomic E-state index is 12.4. The highest BCUT2D eigenvalue weighted by atomic mass is 32.2. The van der Waals surface area contributed by atoms with E-state index in [4.69, 9.17) is 9.57 Å². The molecule has 5 nitrogen and oxygen atoms in total. The van der Waals surface area contributed by atoms with Gasteiger partial charge in [0.05, 0.1) is 5.71 Å². The van der Waals surface area contributed by atoms with E-state index in [0.717, 1.165) is 30.8 Å². The Bertz CT molecular complexity index is 453. The Balaban J connectivity index is 2.25. The number of carbonyl (C=O) groups is 1. The molecule has 1 saturated heterocycles. The number of ether oxygens (including phenoxy) is 1. The second kappa shape index (κ2) is 7.20. The standard InChI is InChI=1S/C15H23NO4S/c1-3-5-11(16-19-4-2)13-12(17)10-15(20-14(13)18)6-8-21-9-7-15/h17H,3-10H2,1-2H3. The minimum Gasteiger partial charge on any atom is -0.511 e. The summed E-state index contributed by atoms with van der Waals surface area (Å²) >= 11 is 1.86. The number of thioether (sulfide) groups is 1. The molecule has 2 heterocycles. The zero-order chi connectivity index (χ0) is 15.3. The molecule has 0 amide bonds. The smallest absolute Gasteiger partial charge is 0.344 e. The first-order valence-corrected chi connectivity index (χ1v) is 8.69. The predicted octanol–water partition coefficient (Wildman–Crippen LogP) is 3.20. The molecule has 21 heavy (non-hydrogen) atoms. The summed E-state index contributed by atoms with van der Waals surface area (Å²) in [7, 11) is 0. The van der Waals surface area contributed by atoms with Gasteiger partial charge in [0.25, 0.3) is 0 Å². The fourth-order valence-electron chi connectivity index (χ4n) is 2.70. The van der Waals surface area contributed by atoms with Crippen molar-refractivity contribution in [2.75, 3.05) is 18.1 Å². The second-order valence-corrected chi connectivity index (χ2v) is 6.61. The maximum Gasteiger partial charge on any atom is 0.344 e. The largest absolute Gasteiger partial charge is 0.511 e. The van der Waals surface area contributed by atoms with Crippen LogP contribution in [0.1, 0.15) is 46.0 Å². The van der Waals surface area contributed by atoms with Crippen LogP contribution in [0.4, 0.5) is 0 Å². The zero-order valence-corrected chi connectivity index (χ0v) is 13.5. The Morgan fingerprint density at radius 1 is 1.43 bits per heavy atom. The summed E-state index contributed by atoms with van der Waals surface area (Å²) in [6, 6.07) is 0. The summed E-state index contributed by atoms with van der Waals surface area (Å²) in [4.78, 5) is 17.4. The minimum absolute atomic E-state index is 0.102. The van der Waals surface area contributed by atoms with Gasteiger partial charge in [-0.3, -0.25) is 0 Å². The van der Waals surface area contributed by atoms with Gasteiger partial charge in [0.15, 0.2) is 0 Å². The Morgan fingerprint density at radius 3 is 2.71 bits per heavy atom. The van der Waals surface area contributed by atoms with Crippen LogP contribution in [0.3, 0.4) is 0 Å². The summed E-state index contributed by atoms with van der Waals surface area (Å²) in [5, 5.41) is 14.4. The number of esters is 1. The molecule has 6 heteroatoms. The van der Waals surface area contributed by atoms with Crippen molar-refractivity contribution in [2.45, 2.75) is 51.6 Å². The third-order valence-corrected chi connectivity index (χ3v) is 4.76. The van der Waals surface area contributed by atoms with Gasteiger partial charge in [-0.2, -0.15) is 11.8 Å². The van der Waals surface area contributed by atoms with Crippen molar-refractivity contribution < 1.29 is 19.5 Å². The molecule has 1 spiro atoms. The molecular formula is C15H23NO4S. The van der Waals surface area contributed by atoms with Crippen LogP contribution in [0, 0.1) is 0 Å². The highest BCUT2D eigenvalue weighted by Gasteiger charge is 2.44. The van der Waals surface area contributed by atoms with Crippen LogP contribution in [0.2, 0.25) is 0 Å². The first-order chi connectivity index (χ1) is 10.1. The van der Waals surface area contributed by atoms with Gasteiger partial charge >= 0.3 is 5.97 Å². The van der Waals surface area contributed by atoms with Crippen molar-refractivity contribution in [1.29, 1.82) is 0 Å². The maximum atomic E-state index is 12.4. The summed E-state index contributed by atoms with van der Waals surface area (Å²) in [6.07, 6.45) is 3.39. The number of hydrogen-bond acceptors (Lipinski definition) is 6. The number of nitrogens with zero attached hydrogens (tertiary/aromatic N) is 1. The molecule has 0 radical (unpaired) electrons. The van der Waals surface area contributed by atoms with E-state index in [1.807, 2.05) is 25.6 Å². The Labute approximate surface area is 129 Å². The topological polar surface area (TPSA) is 68.1 Å². The lowest BCUT2D eigenvalue weighted by atomic mass is 9.86. The van der Waals surface area contributed by atoms with Crippen LogP contribution >= 0.6 is 11.8 Å². The average Bonchev–Trinajstić information content (AvgIpc) is 2.44. The van der Waals surface area contributed by atoms with Gasteiger partial charge in [0.2, 0.25) is 0 Å². The van der Waals surface area contributed by atoms with Gasteiger partial charge in [-0.05, 0) is 37.7 Å². The number of aliphatic hydroxyl groups excluding tert-OH is 1. The van der Waals surface area contributed by atoms with Crippen LogP contribution in [-0.4, -0.2) is 40.5 Å². The van der Waals surface area contributed by atoms with Gasteiger partial charge in [-0.25, -0.2) is 4.79 Å². The molecule has 1 N–H and O–H groups in total. The number of hydrogen-bond donors (Lipinski definition) is 1. The fourth-order valence-corrected chi connectivity index (χ4v) is 3.93. The SMILES string of the molecule is CCCC(=NOCC)C1=C(O)CC2(CCSCC2)OC1=O. The molecule has 0 saturated carbocycles. The summed E-state index contributed by atoms with van der Waals surface area (Å²) in [6.45, 7) is 4.25. The third-order valence-electron chi connectivity index (χ3n) is 3.77. The van der Waals surface area contributed by atoms with Gasteiger partial charge in [-0.15, -0.1) is 0 Å². The van der Waals surface area contributed by atoms with Crippen LogP contribution in [0.25, 0.3) is 0 Å². The lowest BCUT2D eigenvalue weighted by Gasteiger charge is -2.39. The lowest BCUT2D eigenvalue weighted by molar-refractivity contribution is -0.158. The van der Waals surface area contributed by atoms with E-state index in [1.54, 1.807) is 0 Å². The van der Waals surface area contributed by atoms with E-state index in [-0.39, 0.29) is 11.3 Å². The van der Waals surface area contributed by atoms with Crippen molar-refractivity contribution in [1.82, 2.24) is 0 Å². The van der Waals surface area contributed by atoms with E-state index < -0.39 is 11.6 Å². The number of aliphatic hydroxyl groups is 1.